The van der Waals surface area contributed by atoms with Crippen LogP contribution in [0.4, 0.5) is 10.5 Å². The Hall–Kier alpha value is -1.53. The number of hydrogen-bond acceptors (Lipinski definition) is 4. The number of anilines is 1. The molecule has 0 unspecified atom stereocenters. The summed E-state index contributed by atoms with van der Waals surface area (Å²) in [5, 5.41) is 20.0. The van der Waals surface area contributed by atoms with E-state index in [0.717, 1.165) is 0 Å². The Morgan fingerprint density at radius 1 is 1.36 bits per heavy atom. The largest absolute Gasteiger partial charge is 0.488 e. The first-order valence-electron chi connectivity index (χ1n) is 3.94. The fraction of sp³-hybridized carbons (Fsp3) is 0.125. The van der Waals surface area contributed by atoms with Crippen LogP contribution in [0.2, 0.25) is 0 Å². The molecule has 5 nitrogen and oxygen atoms in total. The number of benzene rings is 1. The third-order valence-electron chi connectivity index (χ3n) is 1.64. The van der Waals surface area contributed by atoms with Crippen LogP contribution in [-0.2, 0) is 4.74 Å². The smallest absolute Gasteiger partial charge is 0.453 e. The van der Waals surface area contributed by atoms with Crippen molar-refractivity contribution < 1.29 is 19.6 Å². The van der Waals surface area contributed by atoms with E-state index >= 15 is 0 Å². The molecule has 0 aliphatic rings. The average Bonchev–Trinajstić information content (AvgIpc) is 2.18. The summed E-state index contributed by atoms with van der Waals surface area (Å²) in [6.45, 7) is 0. The van der Waals surface area contributed by atoms with Crippen molar-refractivity contribution in [3.63, 3.8) is 0 Å². The summed E-state index contributed by atoms with van der Waals surface area (Å²) in [6, 6.07) is 6.09. The van der Waals surface area contributed by atoms with Crippen LogP contribution in [-0.4, -0.2) is 30.4 Å². The SMILES string of the molecule is COC(=O)Nc1ccc(B(O)O)cc1. The van der Waals surface area contributed by atoms with Gasteiger partial charge in [-0.25, -0.2) is 4.79 Å². The van der Waals surface area contributed by atoms with Gasteiger partial charge in [0.2, 0.25) is 0 Å². The molecule has 1 amide bonds. The van der Waals surface area contributed by atoms with E-state index in [-0.39, 0.29) is 0 Å². The highest BCUT2D eigenvalue weighted by Gasteiger charge is 2.10. The second kappa shape index (κ2) is 4.64. The lowest BCUT2D eigenvalue weighted by atomic mass is 9.80. The van der Waals surface area contributed by atoms with Gasteiger partial charge in [0.1, 0.15) is 0 Å². The minimum Gasteiger partial charge on any atom is -0.453 e. The van der Waals surface area contributed by atoms with Crippen LogP contribution in [0.5, 0.6) is 0 Å². The summed E-state index contributed by atoms with van der Waals surface area (Å²) in [7, 11) is -0.233. The lowest BCUT2D eigenvalue weighted by molar-refractivity contribution is 0.187. The van der Waals surface area contributed by atoms with E-state index in [9.17, 15) is 4.79 Å². The van der Waals surface area contributed by atoms with Gasteiger partial charge in [-0.05, 0) is 17.6 Å². The second-order valence-electron chi connectivity index (χ2n) is 2.61. The van der Waals surface area contributed by atoms with E-state index in [0.29, 0.717) is 11.2 Å². The van der Waals surface area contributed by atoms with E-state index in [1.165, 1.54) is 19.2 Å². The third-order valence-corrected chi connectivity index (χ3v) is 1.64. The van der Waals surface area contributed by atoms with Crippen LogP contribution in [0.3, 0.4) is 0 Å². The van der Waals surface area contributed by atoms with Crippen LogP contribution in [0, 0.1) is 0 Å². The molecule has 0 aliphatic heterocycles. The maximum atomic E-state index is 10.8. The number of carbonyl (C=O) groups is 1. The van der Waals surface area contributed by atoms with Crippen molar-refractivity contribution >= 4 is 24.4 Å². The number of methoxy groups -OCH3 is 1. The van der Waals surface area contributed by atoms with E-state index in [4.69, 9.17) is 10.0 Å². The van der Waals surface area contributed by atoms with Crippen molar-refractivity contribution in [1.29, 1.82) is 0 Å². The molecular weight excluding hydrogens is 185 g/mol. The normalized spacial score (nSPS) is 9.36. The third kappa shape index (κ3) is 2.76. The predicted molar refractivity (Wildman–Crippen MR) is 52.3 cm³/mol. The van der Waals surface area contributed by atoms with Crippen molar-refractivity contribution in [2.75, 3.05) is 12.4 Å². The maximum Gasteiger partial charge on any atom is 0.488 e. The van der Waals surface area contributed by atoms with Crippen molar-refractivity contribution in [3.8, 4) is 0 Å². The van der Waals surface area contributed by atoms with Gasteiger partial charge in [0.25, 0.3) is 0 Å². The van der Waals surface area contributed by atoms with Crippen LogP contribution < -0.4 is 10.8 Å². The van der Waals surface area contributed by atoms with Gasteiger partial charge in [-0.15, -0.1) is 0 Å². The molecule has 0 fully saturated rings. The fourth-order valence-corrected chi connectivity index (χ4v) is 0.907. The zero-order valence-electron chi connectivity index (χ0n) is 7.60. The number of carbonyl (C=O) groups excluding carboxylic acids is 1. The monoisotopic (exact) mass is 195 g/mol. The van der Waals surface area contributed by atoms with E-state index < -0.39 is 13.2 Å². The van der Waals surface area contributed by atoms with Gasteiger partial charge in [-0.2, -0.15) is 0 Å². The minimum absolute atomic E-state index is 0.361. The Bertz CT molecular complexity index is 312. The fourth-order valence-electron chi connectivity index (χ4n) is 0.907. The first-order valence-corrected chi connectivity index (χ1v) is 3.94. The molecule has 0 heterocycles. The summed E-state index contributed by atoms with van der Waals surface area (Å²) in [5.41, 5.74) is 0.890. The summed E-state index contributed by atoms with van der Waals surface area (Å²) < 4.78 is 4.38. The summed E-state index contributed by atoms with van der Waals surface area (Å²) in [6.07, 6.45) is -0.567. The predicted octanol–water partition coefficient (Wildman–Crippen LogP) is -0.455. The Labute approximate surface area is 81.5 Å². The summed E-state index contributed by atoms with van der Waals surface area (Å²) >= 11 is 0. The standard InChI is InChI=1S/C8H10BNO4/c1-14-8(11)10-7-4-2-6(3-5-7)9(12)13/h2-5,12-13H,1H3,(H,10,11). The zero-order chi connectivity index (χ0) is 10.6. The Balaban J connectivity index is 2.69. The molecule has 6 heteroatoms. The maximum absolute atomic E-state index is 10.8. The number of hydrogen-bond donors (Lipinski definition) is 3. The molecule has 1 aromatic carbocycles. The van der Waals surface area contributed by atoms with Crippen LogP contribution in [0.25, 0.3) is 0 Å². The Kier molecular flexibility index (Phi) is 3.50. The van der Waals surface area contributed by atoms with Crippen molar-refractivity contribution in [2.24, 2.45) is 0 Å². The number of ether oxygens (including phenoxy) is 1. The first kappa shape index (κ1) is 10.6. The second-order valence-corrected chi connectivity index (χ2v) is 2.61. The molecule has 74 valence electrons. The number of nitrogens with one attached hydrogen (secondary N) is 1. The van der Waals surface area contributed by atoms with E-state index in [2.05, 4.69) is 10.1 Å². The van der Waals surface area contributed by atoms with Gasteiger partial charge < -0.3 is 14.8 Å². The molecule has 0 aliphatic carbocycles. The first-order chi connectivity index (χ1) is 6.63. The van der Waals surface area contributed by atoms with Gasteiger partial charge in [0.05, 0.1) is 7.11 Å². The van der Waals surface area contributed by atoms with Crippen molar-refractivity contribution in [2.45, 2.75) is 0 Å². The summed E-state index contributed by atoms with van der Waals surface area (Å²) in [5.74, 6) is 0. The molecular formula is C8H10BNO4. The van der Waals surface area contributed by atoms with Gasteiger partial charge in [-0.3, -0.25) is 5.32 Å². The zero-order valence-corrected chi connectivity index (χ0v) is 7.60. The average molecular weight is 195 g/mol. The molecule has 0 radical (unpaired) electrons. The highest BCUT2D eigenvalue weighted by molar-refractivity contribution is 6.58. The molecule has 0 bridgehead atoms. The van der Waals surface area contributed by atoms with E-state index in [1.807, 2.05) is 0 Å². The Morgan fingerprint density at radius 2 is 1.93 bits per heavy atom. The van der Waals surface area contributed by atoms with E-state index in [1.54, 1.807) is 12.1 Å². The van der Waals surface area contributed by atoms with Crippen LogP contribution >= 0.6 is 0 Å². The molecule has 1 aromatic rings. The molecule has 0 spiro atoms. The van der Waals surface area contributed by atoms with Crippen LogP contribution in [0.1, 0.15) is 0 Å². The van der Waals surface area contributed by atoms with Gasteiger partial charge in [0, 0.05) is 5.69 Å². The highest BCUT2D eigenvalue weighted by atomic mass is 16.5. The minimum atomic E-state index is -1.50. The molecule has 1 rings (SSSR count). The molecule has 0 atom stereocenters. The molecule has 3 N–H and O–H groups in total. The van der Waals surface area contributed by atoms with Gasteiger partial charge in [-0.1, -0.05) is 12.1 Å². The lowest BCUT2D eigenvalue weighted by Gasteiger charge is -2.04. The van der Waals surface area contributed by atoms with Crippen LogP contribution in [0.15, 0.2) is 24.3 Å². The van der Waals surface area contributed by atoms with Gasteiger partial charge >= 0.3 is 13.2 Å². The summed E-state index contributed by atoms with van der Waals surface area (Å²) in [4.78, 5) is 10.8. The molecule has 0 saturated heterocycles. The number of amides is 1. The topological polar surface area (TPSA) is 78.8 Å². The molecule has 14 heavy (non-hydrogen) atoms. The molecule has 0 aromatic heterocycles. The quantitative estimate of drug-likeness (QED) is 0.558. The Morgan fingerprint density at radius 3 is 2.36 bits per heavy atom. The molecule has 0 saturated carbocycles. The van der Waals surface area contributed by atoms with Gasteiger partial charge in [0.15, 0.2) is 0 Å². The number of rotatable bonds is 2. The van der Waals surface area contributed by atoms with Crippen molar-refractivity contribution in [3.05, 3.63) is 24.3 Å². The highest BCUT2D eigenvalue weighted by Crippen LogP contribution is 2.04. The lowest BCUT2D eigenvalue weighted by Crippen LogP contribution is -2.29. The van der Waals surface area contributed by atoms with Crippen molar-refractivity contribution in [1.82, 2.24) is 0 Å².